The van der Waals surface area contributed by atoms with E-state index in [-0.39, 0.29) is 32.0 Å². The van der Waals surface area contributed by atoms with Crippen LogP contribution in [0.2, 0.25) is 0 Å². The van der Waals surface area contributed by atoms with Crippen LogP contribution in [0.25, 0.3) is 11.1 Å². The molecule has 0 saturated carbocycles. The lowest BCUT2D eigenvalue weighted by Crippen LogP contribution is -2.45. The molecule has 2 aromatic carbocycles. The Kier molecular flexibility index (Phi) is 9.66. The zero-order valence-electron chi connectivity index (χ0n) is 20.3. The van der Waals surface area contributed by atoms with E-state index < -0.39 is 30.1 Å². The minimum absolute atomic E-state index is 0.0268. The van der Waals surface area contributed by atoms with Gasteiger partial charge in [-0.25, -0.2) is 9.59 Å². The van der Waals surface area contributed by atoms with Crippen LogP contribution in [0.3, 0.4) is 0 Å². The molecule has 2 aromatic rings. The number of nitrogens with one attached hydrogen (secondary N) is 2. The Morgan fingerprint density at radius 3 is 2.17 bits per heavy atom. The van der Waals surface area contributed by atoms with Gasteiger partial charge in [0, 0.05) is 38.5 Å². The molecular weight excluding hydrogens is 448 g/mol. The zero-order chi connectivity index (χ0) is 25.2. The van der Waals surface area contributed by atoms with E-state index in [4.69, 9.17) is 9.47 Å². The first-order valence-corrected chi connectivity index (χ1v) is 12.1. The highest BCUT2D eigenvalue weighted by atomic mass is 16.5. The average Bonchev–Trinajstić information content (AvgIpc) is 3.17. The van der Waals surface area contributed by atoms with Crippen LogP contribution < -0.4 is 10.6 Å². The van der Waals surface area contributed by atoms with Gasteiger partial charge < -0.3 is 25.2 Å². The first kappa shape index (κ1) is 26.2. The molecule has 35 heavy (non-hydrogen) atoms. The Hall–Kier alpha value is -3.39. The maximum atomic E-state index is 12.7. The molecule has 0 bridgehead atoms. The summed E-state index contributed by atoms with van der Waals surface area (Å²) < 4.78 is 10.5. The predicted octanol–water partition coefficient (Wildman–Crippen LogP) is 4.08. The molecule has 0 radical (unpaired) electrons. The molecule has 188 valence electrons. The quantitative estimate of drug-likeness (QED) is 0.396. The number of carbonyl (C=O) groups is 3. The highest BCUT2D eigenvalue weighted by Gasteiger charge is 2.29. The Morgan fingerprint density at radius 1 is 0.971 bits per heavy atom. The number of amides is 2. The number of benzene rings is 2. The van der Waals surface area contributed by atoms with Crippen molar-refractivity contribution in [2.45, 2.75) is 57.0 Å². The standard InChI is InChI=1S/C27H34N2O6/c1-3-4-9-18(16-25(30)29-24(26(31)32)14-15-34-2)28-27(33)35-17-23-21-12-7-5-10-19(21)20-11-6-8-13-22(20)23/h5-8,10-13,18,23-24H,3-4,9,14-17H2,1-2H3,(H,28,33)(H,29,30)(H,31,32)/t18-,24?/m0/s1. The first-order valence-electron chi connectivity index (χ1n) is 12.1. The molecular formula is C27H34N2O6. The number of hydrogen-bond acceptors (Lipinski definition) is 5. The molecule has 0 fully saturated rings. The highest BCUT2D eigenvalue weighted by molar-refractivity contribution is 5.84. The summed E-state index contributed by atoms with van der Waals surface area (Å²) in [5.41, 5.74) is 4.55. The second kappa shape index (κ2) is 12.9. The molecule has 1 aliphatic rings. The maximum absolute atomic E-state index is 12.7. The van der Waals surface area contributed by atoms with E-state index >= 15 is 0 Å². The number of hydrogen-bond donors (Lipinski definition) is 3. The van der Waals surface area contributed by atoms with Crippen molar-refractivity contribution >= 4 is 18.0 Å². The van der Waals surface area contributed by atoms with Crippen molar-refractivity contribution in [3.05, 3.63) is 59.7 Å². The van der Waals surface area contributed by atoms with Gasteiger partial charge in [-0.05, 0) is 28.7 Å². The molecule has 1 aliphatic carbocycles. The predicted molar refractivity (Wildman–Crippen MR) is 132 cm³/mol. The Labute approximate surface area is 206 Å². The topological polar surface area (TPSA) is 114 Å². The van der Waals surface area contributed by atoms with Crippen LogP contribution in [-0.4, -0.2) is 55.5 Å². The zero-order valence-corrected chi connectivity index (χ0v) is 20.3. The number of carbonyl (C=O) groups excluding carboxylic acids is 2. The number of aliphatic carboxylic acids is 1. The number of rotatable bonds is 13. The average molecular weight is 483 g/mol. The third kappa shape index (κ3) is 7.05. The number of alkyl carbamates (subject to hydrolysis) is 1. The van der Waals surface area contributed by atoms with Crippen molar-refractivity contribution in [3.8, 4) is 11.1 Å². The van der Waals surface area contributed by atoms with Crippen molar-refractivity contribution in [1.29, 1.82) is 0 Å². The SMILES string of the molecule is CCCC[C@@H](CC(=O)NC(CCOC)C(=O)O)NC(=O)OCC1c2ccccc2-c2ccccc21. The monoisotopic (exact) mass is 482 g/mol. The van der Waals surface area contributed by atoms with Crippen LogP contribution in [0.15, 0.2) is 48.5 Å². The number of carboxylic acid groups (broad SMARTS) is 1. The van der Waals surface area contributed by atoms with Gasteiger partial charge >= 0.3 is 12.1 Å². The molecule has 2 atom stereocenters. The lowest BCUT2D eigenvalue weighted by molar-refractivity contribution is -0.142. The van der Waals surface area contributed by atoms with Crippen LogP contribution in [0.4, 0.5) is 4.79 Å². The molecule has 1 unspecified atom stereocenters. The fraction of sp³-hybridized carbons (Fsp3) is 0.444. The molecule has 0 aliphatic heterocycles. The smallest absolute Gasteiger partial charge is 0.407 e. The summed E-state index contributed by atoms with van der Waals surface area (Å²) in [6, 6.07) is 14.7. The van der Waals surface area contributed by atoms with Crippen molar-refractivity contribution in [3.63, 3.8) is 0 Å². The largest absolute Gasteiger partial charge is 0.480 e. The van der Waals surface area contributed by atoms with Crippen LogP contribution >= 0.6 is 0 Å². The Balaban J connectivity index is 1.59. The van der Waals surface area contributed by atoms with Gasteiger partial charge in [-0.15, -0.1) is 0 Å². The number of ether oxygens (including phenoxy) is 2. The molecule has 3 N–H and O–H groups in total. The molecule has 8 nitrogen and oxygen atoms in total. The summed E-state index contributed by atoms with van der Waals surface area (Å²) >= 11 is 0. The summed E-state index contributed by atoms with van der Waals surface area (Å²) in [5.74, 6) is -1.61. The molecule has 0 saturated heterocycles. The normalized spacial score (nSPS) is 13.9. The van der Waals surface area contributed by atoms with Gasteiger partial charge in [-0.3, -0.25) is 4.79 Å². The van der Waals surface area contributed by atoms with E-state index in [1.807, 2.05) is 31.2 Å². The molecule has 8 heteroatoms. The lowest BCUT2D eigenvalue weighted by atomic mass is 9.98. The van der Waals surface area contributed by atoms with E-state index in [1.165, 1.54) is 7.11 Å². The molecule has 2 amide bonds. The van der Waals surface area contributed by atoms with Crippen molar-refractivity contribution in [2.75, 3.05) is 20.3 Å². The summed E-state index contributed by atoms with van der Waals surface area (Å²) in [6.45, 7) is 2.43. The van der Waals surface area contributed by atoms with Crippen molar-refractivity contribution in [2.24, 2.45) is 0 Å². The third-order valence-electron chi connectivity index (χ3n) is 6.25. The van der Waals surface area contributed by atoms with Crippen LogP contribution in [0, 0.1) is 0 Å². The summed E-state index contributed by atoms with van der Waals surface area (Å²) in [7, 11) is 1.47. The molecule has 3 rings (SSSR count). The minimum atomic E-state index is -1.12. The van der Waals surface area contributed by atoms with Gasteiger partial charge in [0.2, 0.25) is 5.91 Å². The number of unbranched alkanes of at least 4 members (excludes halogenated alkanes) is 1. The fourth-order valence-corrected chi connectivity index (χ4v) is 4.45. The molecule has 0 spiro atoms. The molecule has 0 heterocycles. The van der Waals surface area contributed by atoms with Crippen LogP contribution in [0.5, 0.6) is 0 Å². The van der Waals surface area contributed by atoms with Crippen LogP contribution in [0.1, 0.15) is 56.1 Å². The lowest BCUT2D eigenvalue weighted by Gasteiger charge is -2.21. The summed E-state index contributed by atoms with van der Waals surface area (Å²) in [5, 5.41) is 14.6. The van der Waals surface area contributed by atoms with E-state index in [9.17, 15) is 19.5 Å². The van der Waals surface area contributed by atoms with Crippen molar-refractivity contribution in [1.82, 2.24) is 10.6 Å². The van der Waals surface area contributed by atoms with Gasteiger partial charge in [-0.1, -0.05) is 68.3 Å². The maximum Gasteiger partial charge on any atom is 0.407 e. The van der Waals surface area contributed by atoms with Gasteiger partial charge in [0.1, 0.15) is 12.6 Å². The highest BCUT2D eigenvalue weighted by Crippen LogP contribution is 2.44. The van der Waals surface area contributed by atoms with E-state index in [0.29, 0.717) is 6.42 Å². The third-order valence-corrected chi connectivity index (χ3v) is 6.25. The van der Waals surface area contributed by atoms with Gasteiger partial charge in [0.15, 0.2) is 0 Å². The number of methoxy groups -OCH3 is 1. The first-order chi connectivity index (χ1) is 16.9. The van der Waals surface area contributed by atoms with E-state index in [1.54, 1.807) is 0 Å². The van der Waals surface area contributed by atoms with E-state index in [0.717, 1.165) is 35.1 Å². The fourth-order valence-electron chi connectivity index (χ4n) is 4.45. The van der Waals surface area contributed by atoms with Crippen molar-refractivity contribution < 1.29 is 29.0 Å². The second-order valence-electron chi connectivity index (χ2n) is 8.75. The Bertz CT molecular complexity index is 979. The van der Waals surface area contributed by atoms with E-state index in [2.05, 4.69) is 34.9 Å². The van der Waals surface area contributed by atoms with Crippen LogP contribution in [-0.2, 0) is 19.1 Å². The van der Waals surface area contributed by atoms with Gasteiger partial charge in [0.05, 0.1) is 0 Å². The summed E-state index contributed by atoms with van der Waals surface area (Å²) in [6.07, 6.45) is 1.85. The molecule has 0 aromatic heterocycles. The van der Waals surface area contributed by atoms with Gasteiger partial charge in [0.25, 0.3) is 0 Å². The second-order valence-corrected chi connectivity index (χ2v) is 8.75. The number of carboxylic acids is 1. The number of fused-ring (bicyclic) bond motifs is 3. The Morgan fingerprint density at radius 2 is 1.60 bits per heavy atom. The van der Waals surface area contributed by atoms with Gasteiger partial charge in [-0.2, -0.15) is 0 Å². The minimum Gasteiger partial charge on any atom is -0.480 e. The summed E-state index contributed by atoms with van der Waals surface area (Å²) in [4.78, 5) is 36.6.